The van der Waals surface area contributed by atoms with Gasteiger partial charge in [0.2, 0.25) is 0 Å². The van der Waals surface area contributed by atoms with Gasteiger partial charge in [-0.05, 0) is 38.5 Å². The Labute approximate surface area is 397 Å². The van der Waals surface area contributed by atoms with E-state index in [1.54, 1.807) is 0 Å². The predicted molar refractivity (Wildman–Crippen MR) is 271 cm³/mol. The fourth-order valence-corrected chi connectivity index (χ4v) is 8.62. The van der Waals surface area contributed by atoms with Crippen molar-refractivity contribution < 1.29 is 38.2 Å². The van der Waals surface area contributed by atoms with E-state index in [-0.39, 0.29) is 36.2 Å². The van der Waals surface area contributed by atoms with Gasteiger partial charge in [-0.1, -0.05) is 231 Å². The molecule has 0 aromatic carbocycles. The molecule has 378 valence electrons. The molecule has 0 bridgehead atoms. The highest BCUT2D eigenvalue weighted by Gasteiger charge is 2.31. The van der Waals surface area contributed by atoms with E-state index < -0.39 is 18.1 Å². The van der Waals surface area contributed by atoms with E-state index in [0.29, 0.717) is 19.3 Å². The summed E-state index contributed by atoms with van der Waals surface area (Å²) < 4.78 is 17.4. The van der Waals surface area contributed by atoms with Gasteiger partial charge in [-0.25, -0.2) is 4.79 Å². The standard InChI is InChI=1S/C56H107NO7/c1-6-8-10-12-14-16-18-20-22-24-26-27-29-30-32-34-36-38-40-42-44-46-54(58)63-51-52(50-62-49-48-53(56(60)61)57(3,4)5)64-55(59)47-45-43-41-39-37-35-33-31-28-25-23-21-19-17-15-13-11-9-7-2/h21,23,52-53H,6-20,22,24-51H2,1-5H3/p+1/b23-21-. The molecule has 0 radical (unpaired) electrons. The van der Waals surface area contributed by atoms with Crippen LogP contribution in [0.4, 0.5) is 0 Å². The Morgan fingerprint density at radius 3 is 1.12 bits per heavy atom. The van der Waals surface area contributed by atoms with Crippen molar-refractivity contribution in [2.75, 3.05) is 41.0 Å². The molecule has 0 rings (SSSR count). The molecular formula is C56H108NO7+. The Hall–Kier alpha value is -1.93. The van der Waals surface area contributed by atoms with Crippen LogP contribution in [0.3, 0.4) is 0 Å². The lowest BCUT2D eigenvalue weighted by atomic mass is 10.0. The first-order valence-electron chi connectivity index (χ1n) is 27.7. The van der Waals surface area contributed by atoms with Gasteiger partial charge in [-0.3, -0.25) is 9.59 Å². The lowest BCUT2D eigenvalue weighted by Crippen LogP contribution is -2.50. The average Bonchev–Trinajstić information content (AvgIpc) is 3.26. The van der Waals surface area contributed by atoms with Crippen molar-refractivity contribution in [1.29, 1.82) is 0 Å². The summed E-state index contributed by atoms with van der Waals surface area (Å²) in [6.07, 6.45) is 54.1. The van der Waals surface area contributed by atoms with Crippen molar-refractivity contribution in [1.82, 2.24) is 0 Å². The summed E-state index contributed by atoms with van der Waals surface area (Å²) in [6.45, 7) is 4.79. The van der Waals surface area contributed by atoms with Gasteiger partial charge in [0.1, 0.15) is 6.61 Å². The fourth-order valence-electron chi connectivity index (χ4n) is 8.62. The van der Waals surface area contributed by atoms with Gasteiger partial charge in [0.15, 0.2) is 12.1 Å². The zero-order valence-electron chi connectivity index (χ0n) is 43.3. The van der Waals surface area contributed by atoms with Gasteiger partial charge in [-0.15, -0.1) is 0 Å². The Kier molecular flexibility index (Phi) is 46.1. The SMILES string of the molecule is CCCCCCCC/C=C\CCCCCCCCCCCC(=O)OC(COCCC(C(=O)O)[N+](C)(C)C)COC(=O)CCCCCCCCCCCCCCCCCCCCCCC. The Balaban J connectivity index is 4.15. The number of nitrogens with zero attached hydrogens (tertiary/aromatic N) is 1. The lowest BCUT2D eigenvalue weighted by Gasteiger charge is -2.31. The summed E-state index contributed by atoms with van der Waals surface area (Å²) in [7, 11) is 5.55. The summed E-state index contributed by atoms with van der Waals surface area (Å²) in [5.41, 5.74) is 0. The van der Waals surface area contributed by atoms with Gasteiger partial charge >= 0.3 is 17.9 Å². The molecule has 0 saturated carbocycles. The molecule has 64 heavy (non-hydrogen) atoms. The number of carbonyl (C=O) groups is 3. The second kappa shape index (κ2) is 47.6. The number of carbonyl (C=O) groups excluding carboxylic acids is 2. The van der Waals surface area contributed by atoms with E-state index in [9.17, 15) is 19.5 Å². The number of likely N-dealkylation sites (N-methyl/N-ethyl adjacent to an activating group) is 1. The second-order valence-electron chi connectivity index (χ2n) is 20.2. The van der Waals surface area contributed by atoms with Crippen molar-refractivity contribution in [3.63, 3.8) is 0 Å². The highest BCUT2D eigenvalue weighted by Crippen LogP contribution is 2.17. The van der Waals surface area contributed by atoms with E-state index in [2.05, 4.69) is 26.0 Å². The number of rotatable bonds is 51. The number of hydrogen-bond acceptors (Lipinski definition) is 6. The summed E-state index contributed by atoms with van der Waals surface area (Å²) in [4.78, 5) is 37.2. The Bertz CT molecular complexity index is 1060. The maximum atomic E-state index is 12.8. The molecule has 1 N–H and O–H groups in total. The van der Waals surface area contributed by atoms with Crippen LogP contribution in [0.2, 0.25) is 0 Å². The smallest absolute Gasteiger partial charge is 0.362 e. The van der Waals surface area contributed by atoms with Gasteiger partial charge in [-0.2, -0.15) is 0 Å². The van der Waals surface area contributed by atoms with Gasteiger partial charge in [0, 0.05) is 19.3 Å². The molecule has 0 aromatic heterocycles. The summed E-state index contributed by atoms with van der Waals surface area (Å²) >= 11 is 0. The van der Waals surface area contributed by atoms with Crippen LogP contribution in [0.5, 0.6) is 0 Å². The van der Waals surface area contributed by atoms with Gasteiger partial charge < -0.3 is 23.8 Å². The zero-order valence-corrected chi connectivity index (χ0v) is 43.3. The summed E-state index contributed by atoms with van der Waals surface area (Å²) in [6, 6.07) is -0.612. The molecule has 0 aromatic rings. The van der Waals surface area contributed by atoms with E-state index in [1.165, 1.54) is 205 Å². The highest BCUT2D eigenvalue weighted by atomic mass is 16.6. The van der Waals surface area contributed by atoms with Crippen LogP contribution in [0.15, 0.2) is 12.2 Å². The number of aliphatic carboxylic acids is 1. The highest BCUT2D eigenvalue weighted by molar-refractivity contribution is 5.72. The van der Waals surface area contributed by atoms with Crippen molar-refractivity contribution in [2.45, 2.75) is 289 Å². The number of allylic oxidation sites excluding steroid dienone is 2. The number of unbranched alkanes of at least 4 members (excludes halogenated alkanes) is 35. The van der Waals surface area contributed by atoms with Crippen molar-refractivity contribution in [3.05, 3.63) is 12.2 Å². The van der Waals surface area contributed by atoms with Crippen LogP contribution >= 0.6 is 0 Å². The van der Waals surface area contributed by atoms with Crippen LogP contribution in [0, 0.1) is 0 Å². The minimum Gasteiger partial charge on any atom is -0.477 e. The molecule has 0 spiro atoms. The van der Waals surface area contributed by atoms with Crippen molar-refractivity contribution >= 4 is 17.9 Å². The maximum Gasteiger partial charge on any atom is 0.362 e. The van der Waals surface area contributed by atoms with Crippen molar-refractivity contribution in [3.8, 4) is 0 Å². The molecule has 2 unspecified atom stereocenters. The van der Waals surface area contributed by atoms with Gasteiger partial charge in [0.25, 0.3) is 0 Å². The number of carboxylic acids is 1. The molecule has 0 heterocycles. The third-order valence-electron chi connectivity index (χ3n) is 12.9. The number of carboxylic acid groups (broad SMARTS) is 1. The molecule has 0 aliphatic rings. The number of hydrogen-bond donors (Lipinski definition) is 1. The average molecular weight is 907 g/mol. The molecule has 0 aliphatic carbocycles. The molecular weight excluding hydrogens is 799 g/mol. The van der Waals surface area contributed by atoms with Gasteiger partial charge in [0.05, 0.1) is 34.4 Å². The van der Waals surface area contributed by atoms with Crippen LogP contribution in [0.25, 0.3) is 0 Å². The largest absolute Gasteiger partial charge is 0.477 e. The maximum absolute atomic E-state index is 12.8. The summed E-state index contributed by atoms with van der Waals surface area (Å²) in [5, 5.41) is 9.67. The van der Waals surface area contributed by atoms with Crippen LogP contribution < -0.4 is 0 Å². The molecule has 2 atom stereocenters. The first kappa shape index (κ1) is 62.1. The van der Waals surface area contributed by atoms with Crippen LogP contribution in [0.1, 0.15) is 277 Å². The Morgan fingerprint density at radius 2 is 0.781 bits per heavy atom. The molecule has 8 heteroatoms. The minimum atomic E-state index is -0.870. The topological polar surface area (TPSA) is 99.1 Å². The number of esters is 2. The lowest BCUT2D eigenvalue weighted by molar-refractivity contribution is -0.887. The summed E-state index contributed by atoms with van der Waals surface area (Å²) in [5.74, 6) is -1.44. The van der Waals surface area contributed by atoms with Crippen LogP contribution in [-0.2, 0) is 28.6 Å². The second-order valence-corrected chi connectivity index (χ2v) is 20.2. The molecule has 8 nitrogen and oxygen atoms in total. The van der Waals surface area contributed by atoms with E-state index in [1.807, 2.05) is 21.1 Å². The molecule has 0 saturated heterocycles. The third-order valence-corrected chi connectivity index (χ3v) is 12.9. The number of ether oxygens (including phenoxy) is 3. The van der Waals surface area contributed by atoms with E-state index in [4.69, 9.17) is 14.2 Å². The molecule has 0 amide bonds. The third kappa shape index (κ3) is 45.2. The van der Waals surface area contributed by atoms with Crippen LogP contribution in [-0.4, -0.2) is 80.6 Å². The normalized spacial score (nSPS) is 12.8. The number of quaternary nitrogens is 1. The van der Waals surface area contributed by atoms with Crippen molar-refractivity contribution in [2.24, 2.45) is 0 Å². The zero-order chi connectivity index (χ0) is 47.0. The molecule has 0 fully saturated rings. The van der Waals surface area contributed by atoms with E-state index in [0.717, 1.165) is 38.5 Å². The monoisotopic (exact) mass is 907 g/mol. The Morgan fingerprint density at radius 1 is 0.453 bits per heavy atom. The first-order chi connectivity index (χ1) is 31.1. The fraction of sp³-hybridized carbons (Fsp3) is 0.911. The minimum absolute atomic E-state index is 0.0446. The quantitative estimate of drug-likeness (QED) is 0.0281. The predicted octanol–water partition coefficient (Wildman–Crippen LogP) is 16.2. The van der Waals surface area contributed by atoms with E-state index >= 15 is 0 Å². The molecule has 0 aliphatic heterocycles. The first-order valence-corrected chi connectivity index (χ1v) is 27.7.